The van der Waals surface area contributed by atoms with Gasteiger partial charge >= 0.3 is 12.4 Å². The number of rotatable bonds is 5. The number of ether oxygens (including phenoxy) is 1. The third kappa shape index (κ3) is 4.77. The first-order chi connectivity index (χ1) is 16.4. The third-order valence-corrected chi connectivity index (χ3v) is 5.21. The van der Waals surface area contributed by atoms with Crippen molar-refractivity contribution in [3.8, 4) is 0 Å². The second kappa shape index (κ2) is 9.03. The van der Waals surface area contributed by atoms with Crippen LogP contribution >= 0.6 is 0 Å². The molecule has 0 radical (unpaired) electrons. The Morgan fingerprint density at radius 2 is 1.80 bits per heavy atom. The van der Waals surface area contributed by atoms with Gasteiger partial charge in [0.15, 0.2) is 23.2 Å². The summed E-state index contributed by atoms with van der Waals surface area (Å²) in [4.78, 5) is 12.0. The Labute approximate surface area is 191 Å². The molecule has 188 valence electrons. The second-order valence-electron chi connectivity index (χ2n) is 7.44. The lowest BCUT2D eigenvalue weighted by atomic mass is 10.0. The highest BCUT2D eigenvalue weighted by molar-refractivity contribution is 5.85. The molecule has 16 heteroatoms. The minimum Gasteiger partial charge on any atom is -0.394 e. The molecule has 10 nitrogen and oxygen atoms in total. The molecule has 1 saturated heterocycles. The minimum atomic E-state index is -5.07. The van der Waals surface area contributed by atoms with Gasteiger partial charge in [0, 0.05) is 5.56 Å². The molecule has 0 bridgehead atoms. The Kier molecular flexibility index (Phi) is 6.39. The fourth-order valence-corrected chi connectivity index (χ4v) is 3.48. The van der Waals surface area contributed by atoms with E-state index in [1.54, 1.807) is 0 Å². The summed E-state index contributed by atoms with van der Waals surface area (Å²) in [6.45, 7) is -0.554. The molecule has 3 heterocycles. The Bertz CT molecular complexity index is 1250. The largest absolute Gasteiger partial charge is 0.417 e. The SMILES string of the molecule is OCC1OC(n2cnc3c(N/N=C/c4ccc(C(F)(F)F)cc4C(F)(F)F)ncnc32)C(O)C1O. The van der Waals surface area contributed by atoms with Crippen molar-refractivity contribution < 1.29 is 46.4 Å². The zero-order valence-electron chi connectivity index (χ0n) is 17.2. The van der Waals surface area contributed by atoms with E-state index in [1.165, 1.54) is 10.9 Å². The molecule has 1 fully saturated rings. The van der Waals surface area contributed by atoms with Crippen molar-refractivity contribution in [3.63, 3.8) is 0 Å². The van der Waals surface area contributed by atoms with E-state index in [0.717, 1.165) is 6.33 Å². The zero-order chi connectivity index (χ0) is 25.5. The highest BCUT2D eigenvalue weighted by Crippen LogP contribution is 2.37. The maximum absolute atomic E-state index is 13.3. The fourth-order valence-electron chi connectivity index (χ4n) is 3.48. The van der Waals surface area contributed by atoms with Crippen LogP contribution in [0, 0.1) is 0 Å². The maximum atomic E-state index is 13.3. The number of fused-ring (bicyclic) bond motifs is 1. The number of nitrogens with one attached hydrogen (secondary N) is 1. The monoisotopic (exact) mass is 506 g/mol. The average Bonchev–Trinajstić information content (AvgIpc) is 3.34. The van der Waals surface area contributed by atoms with E-state index in [0.29, 0.717) is 18.3 Å². The molecule has 4 N–H and O–H groups in total. The van der Waals surface area contributed by atoms with Crippen molar-refractivity contribution in [1.29, 1.82) is 0 Å². The number of aliphatic hydroxyl groups is 3. The predicted molar refractivity (Wildman–Crippen MR) is 106 cm³/mol. The summed E-state index contributed by atoms with van der Waals surface area (Å²) in [5, 5.41) is 33.0. The summed E-state index contributed by atoms with van der Waals surface area (Å²) in [7, 11) is 0. The molecule has 0 spiro atoms. The van der Waals surface area contributed by atoms with Crippen molar-refractivity contribution >= 4 is 23.2 Å². The van der Waals surface area contributed by atoms with Crippen LogP contribution in [-0.4, -0.2) is 66.0 Å². The third-order valence-electron chi connectivity index (χ3n) is 5.21. The van der Waals surface area contributed by atoms with Crippen LogP contribution in [0.4, 0.5) is 32.2 Å². The number of benzene rings is 1. The van der Waals surface area contributed by atoms with Gasteiger partial charge in [0.05, 0.1) is 30.3 Å². The molecular weight excluding hydrogens is 490 g/mol. The van der Waals surface area contributed by atoms with Crippen LogP contribution in [0.5, 0.6) is 0 Å². The molecule has 0 saturated carbocycles. The van der Waals surface area contributed by atoms with Crippen LogP contribution < -0.4 is 5.43 Å². The zero-order valence-corrected chi connectivity index (χ0v) is 17.2. The maximum Gasteiger partial charge on any atom is 0.417 e. The van der Waals surface area contributed by atoms with E-state index in [1.807, 2.05) is 0 Å². The highest BCUT2D eigenvalue weighted by Gasteiger charge is 2.44. The lowest BCUT2D eigenvalue weighted by Crippen LogP contribution is -2.33. The summed E-state index contributed by atoms with van der Waals surface area (Å²) in [5.41, 5.74) is -1.09. The summed E-state index contributed by atoms with van der Waals surface area (Å²) in [6.07, 6.45) is -12.1. The number of hydrazone groups is 1. The van der Waals surface area contributed by atoms with Crippen molar-refractivity contribution in [2.75, 3.05) is 12.0 Å². The molecule has 0 aliphatic carbocycles. The molecule has 0 amide bonds. The quantitative estimate of drug-likeness (QED) is 0.234. The Morgan fingerprint density at radius 1 is 1.06 bits per heavy atom. The fraction of sp³-hybridized carbons (Fsp3) is 0.368. The van der Waals surface area contributed by atoms with Crippen LogP contribution in [0.25, 0.3) is 11.2 Å². The van der Waals surface area contributed by atoms with Gasteiger partial charge in [-0.25, -0.2) is 15.0 Å². The van der Waals surface area contributed by atoms with Gasteiger partial charge in [-0.2, -0.15) is 31.4 Å². The number of hydrogen-bond acceptors (Lipinski definition) is 9. The van der Waals surface area contributed by atoms with E-state index < -0.39 is 60.2 Å². The molecule has 2 aromatic heterocycles. The number of imidazole rings is 1. The van der Waals surface area contributed by atoms with Crippen molar-refractivity contribution in [2.24, 2.45) is 5.10 Å². The van der Waals surface area contributed by atoms with Gasteiger partial charge in [0.2, 0.25) is 0 Å². The first-order valence-electron chi connectivity index (χ1n) is 9.79. The van der Waals surface area contributed by atoms with Crippen LogP contribution in [-0.2, 0) is 17.1 Å². The Balaban J connectivity index is 1.61. The van der Waals surface area contributed by atoms with Gasteiger partial charge in [-0.3, -0.25) is 9.99 Å². The first-order valence-corrected chi connectivity index (χ1v) is 9.79. The van der Waals surface area contributed by atoms with Crippen LogP contribution in [0.15, 0.2) is 36.0 Å². The van der Waals surface area contributed by atoms with Gasteiger partial charge < -0.3 is 20.1 Å². The molecule has 1 aliphatic heterocycles. The van der Waals surface area contributed by atoms with Gasteiger partial charge in [0.25, 0.3) is 0 Å². The van der Waals surface area contributed by atoms with Gasteiger partial charge in [-0.1, -0.05) is 6.07 Å². The van der Waals surface area contributed by atoms with Crippen molar-refractivity contribution in [2.45, 2.75) is 36.9 Å². The van der Waals surface area contributed by atoms with Crippen molar-refractivity contribution in [3.05, 3.63) is 47.5 Å². The number of hydrogen-bond donors (Lipinski definition) is 4. The lowest BCUT2D eigenvalue weighted by Gasteiger charge is -2.16. The Morgan fingerprint density at radius 3 is 2.43 bits per heavy atom. The molecule has 35 heavy (non-hydrogen) atoms. The predicted octanol–water partition coefficient (Wildman–Crippen LogP) is 1.92. The number of aromatic nitrogens is 4. The molecule has 1 aromatic carbocycles. The van der Waals surface area contributed by atoms with E-state index >= 15 is 0 Å². The van der Waals surface area contributed by atoms with Crippen LogP contribution in [0.2, 0.25) is 0 Å². The normalized spacial score (nSPS) is 23.5. The minimum absolute atomic E-state index is 0.00705. The smallest absolute Gasteiger partial charge is 0.394 e. The van der Waals surface area contributed by atoms with E-state index in [9.17, 15) is 41.7 Å². The van der Waals surface area contributed by atoms with Gasteiger partial charge in [-0.15, -0.1) is 0 Å². The lowest BCUT2D eigenvalue weighted by molar-refractivity contribution is -0.143. The molecule has 4 unspecified atom stereocenters. The first kappa shape index (κ1) is 24.8. The highest BCUT2D eigenvalue weighted by atomic mass is 19.4. The van der Waals surface area contributed by atoms with Gasteiger partial charge in [-0.05, 0) is 12.1 Å². The summed E-state index contributed by atoms with van der Waals surface area (Å²) in [5.74, 6) is -0.0720. The second-order valence-corrected chi connectivity index (χ2v) is 7.44. The summed E-state index contributed by atoms with van der Waals surface area (Å²) >= 11 is 0. The number of alkyl halides is 6. The van der Waals surface area contributed by atoms with Crippen molar-refractivity contribution in [1.82, 2.24) is 19.5 Å². The number of nitrogens with zero attached hydrogens (tertiary/aromatic N) is 5. The molecule has 4 atom stereocenters. The number of halogens is 6. The number of anilines is 1. The topological polar surface area (TPSA) is 138 Å². The standard InChI is InChI=1S/C19H16F6N6O4/c20-18(21,22)9-2-1-8(10(3-9)19(23,24)25)4-29-30-15-12-16(27-6-26-15)31(7-28-12)17-14(34)13(33)11(5-32)35-17/h1-4,6-7,11,13-14,17,32-34H,5H2,(H,26,27,30)/b29-4+. The van der Waals surface area contributed by atoms with Gasteiger partial charge in [0.1, 0.15) is 24.6 Å². The van der Waals surface area contributed by atoms with E-state index in [2.05, 4.69) is 25.5 Å². The number of aliphatic hydroxyl groups excluding tert-OH is 3. The van der Waals surface area contributed by atoms with E-state index in [-0.39, 0.29) is 23.0 Å². The molecule has 1 aliphatic rings. The van der Waals surface area contributed by atoms with Crippen LogP contribution in [0.1, 0.15) is 22.9 Å². The average molecular weight is 506 g/mol. The molecule has 4 rings (SSSR count). The summed E-state index contributed by atoms with van der Waals surface area (Å²) in [6, 6.07) is 1.14. The Hall–Kier alpha value is -3.34. The molecule has 3 aromatic rings. The van der Waals surface area contributed by atoms with Crippen LogP contribution in [0.3, 0.4) is 0 Å². The van der Waals surface area contributed by atoms with E-state index in [4.69, 9.17) is 4.74 Å². The summed E-state index contributed by atoms with van der Waals surface area (Å²) < 4.78 is 85.0. The molecular formula is C19H16F6N6O4.